The molecule has 10 heteroatoms. The molecular formula is C20H7AsF4O5. The number of phenolic OH excluding ortho intramolecular Hbond substituents is 1. The molecule has 2 radical (unpaired) electrons. The SMILES string of the molecule is O=C(O)c1c(F)c(F)c(F)c(F)c1-c1c2ccc(=O)cc-2oc2c([As])c(O)ccc12. The van der Waals surface area contributed by atoms with E-state index in [4.69, 9.17) is 4.42 Å². The Morgan fingerprint density at radius 2 is 1.60 bits per heavy atom. The molecule has 0 bridgehead atoms. The second kappa shape index (κ2) is 6.88. The van der Waals surface area contributed by atoms with Crippen LogP contribution in [0.1, 0.15) is 10.4 Å². The van der Waals surface area contributed by atoms with Gasteiger partial charge in [0.15, 0.2) is 0 Å². The summed E-state index contributed by atoms with van der Waals surface area (Å²) >= 11 is 1.97. The number of hydrogen-bond donors (Lipinski definition) is 2. The molecule has 1 aliphatic carbocycles. The predicted octanol–water partition coefficient (Wildman–Crippen LogP) is 3.32. The molecule has 2 aromatic rings. The van der Waals surface area contributed by atoms with E-state index in [1.165, 1.54) is 12.1 Å². The van der Waals surface area contributed by atoms with E-state index in [9.17, 15) is 37.4 Å². The fourth-order valence-electron chi connectivity index (χ4n) is 3.25. The summed E-state index contributed by atoms with van der Waals surface area (Å²) in [6, 6.07) is 5.62. The first kappa shape index (κ1) is 20.0. The van der Waals surface area contributed by atoms with Crippen molar-refractivity contribution >= 4 is 38.1 Å². The van der Waals surface area contributed by atoms with Crippen LogP contribution in [-0.2, 0) is 0 Å². The Balaban J connectivity index is 2.35. The third-order valence-corrected chi connectivity index (χ3v) is 5.45. The molecule has 1 heterocycles. The van der Waals surface area contributed by atoms with Gasteiger partial charge >= 0.3 is 173 Å². The topological polar surface area (TPSA) is 87.7 Å². The van der Waals surface area contributed by atoms with Crippen molar-refractivity contribution < 1.29 is 37.0 Å². The van der Waals surface area contributed by atoms with E-state index in [-0.39, 0.29) is 38.0 Å². The summed E-state index contributed by atoms with van der Waals surface area (Å²) in [6.07, 6.45) is 0. The van der Waals surface area contributed by atoms with Crippen LogP contribution in [0, 0.1) is 23.3 Å². The summed E-state index contributed by atoms with van der Waals surface area (Å²) in [5.41, 5.74) is -3.49. The molecule has 30 heavy (non-hydrogen) atoms. The van der Waals surface area contributed by atoms with Gasteiger partial charge in [-0.25, -0.2) is 0 Å². The van der Waals surface area contributed by atoms with Crippen LogP contribution < -0.4 is 9.78 Å². The molecule has 4 rings (SSSR count). The minimum absolute atomic E-state index is 0.0265. The summed E-state index contributed by atoms with van der Waals surface area (Å²) in [5.74, 6) is -10.9. The van der Waals surface area contributed by atoms with Gasteiger partial charge in [-0.2, -0.15) is 0 Å². The van der Waals surface area contributed by atoms with Gasteiger partial charge in [-0.05, 0) is 0 Å². The number of fused-ring (bicyclic) bond motifs is 2. The molecule has 0 atom stereocenters. The fourth-order valence-corrected chi connectivity index (χ4v) is 3.75. The number of benzene rings is 3. The standard InChI is InChI=1S/C20H7AsF4O5/c21-14-9(27)4-3-8-11(7-2-1-6(26)5-10(7)30-19(8)14)12-13(20(28)29)16(23)18(25)17(24)15(12)22/h1-5,27H,(H,28,29). The number of hydrogen-bond acceptors (Lipinski definition) is 4. The fraction of sp³-hybridized carbons (Fsp3) is 0. The quantitative estimate of drug-likeness (QED) is 0.152. The molecule has 1 aliphatic heterocycles. The monoisotopic (exact) mass is 478 g/mol. The van der Waals surface area contributed by atoms with E-state index in [1.54, 1.807) is 0 Å². The van der Waals surface area contributed by atoms with Crippen molar-refractivity contribution in [3.05, 3.63) is 69.4 Å². The first-order chi connectivity index (χ1) is 14.1. The van der Waals surface area contributed by atoms with Crippen LogP contribution in [0.4, 0.5) is 17.6 Å². The zero-order valence-electron chi connectivity index (χ0n) is 14.5. The van der Waals surface area contributed by atoms with Gasteiger partial charge in [-0.3, -0.25) is 0 Å². The molecule has 0 saturated carbocycles. The molecule has 150 valence electrons. The van der Waals surface area contributed by atoms with Crippen molar-refractivity contribution in [2.24, 2.45) is 0 Å². The van der Waals surface area contributed by atoms with Gasteiger partial charge in [0.2, 0.25) is 0 Å². The molecule has 5 nitrogen and oxygen atoms in total. The number of phenols is 1. The summed E-state index contributed by atoms with van der Waals surface area (Å²) in [4.78, 5) is 23.4. The second-order valence-corrected chi connectivity index (χ2v) is 7.19. The number of carbonyl (C=O) groups is 1. The van der Waals surface area contributed by atoms with E-state index in [0.717, 1.165) is 18.2 Å². The molecule has 2 aromatic carbocycles. The minimum atomic E-state index is -2.27. The van der Waals surface area contributed by atoms with Crippen LogP contribution >= 0.6 is 0 Å². The van der Waals surface area contributed by atoms with E-state index in [1.807, 2.05) is 16.9 Å². The summed E-state index contributed by atoms with van der Waals surface area (Å²) in [5, 5.41) is 19.3. The summed E-state index contributed by atoms with van der Waals surface area (Å²) in [6.45, 7) is 0. The molecule has 0 unspecified atom stereocenters. The van der Waals surface area contributed by atoms with E-state index < -0.39 is 45.8 Å². The Morgan fingerprint density at radius 1 is 0.933 bits per heavy atom. The van der Waals surface area contributed by atoms with Gasteiger partial charge in [-0.15, -0.1) is 0 Å². The van der Waals surface area contributed by atoms with Gasteiger partial charge < -0.3 is 0 Å². The zero-order valence-corrected chi connectivity index (χ0v) is 16.3. The maximum atomic E-state index is 14.9. The average Bonchev–Trinajstić information content (AvgIpc) is 2.70. The number of aromatic hydroxyl groups is 1. The van der Waals surface area contributed by atoms with Crippen molar-refractivity contribution in [3.63, 3.8) is 0 Å². The van der Waals surface area contributed by atoms with Crippen LogP contribution in [0.2, 0.25) is 0 Å². The molecule has 0 fully saturated rings. The third-order valence-electron chi connectivity index (χ3n) is 4.54. The first-order valence-corrected chi connectivity index (χ1v) is 9.08. The molecule has 0 spiro atoms. The Hall–Kier alpha value is -3.32. The number of rotatable bonds is 2. The summed E-state index contributed by atoms with van der Waals surface area (Å²) < 4.78 is 62.8. The molecule has 2 aliphatic rings. The molecule has 0 saturated heterocycles. The second-order valence-electron chi connectivity index (χ2n) is 6.26. The van der Waals surface area contributed by atoms with Crippen LogP contribution in [-0.4, -0.2) is 33.0 Å². The van der Waals surface area contributed by atoms with Gasteiger partial charge in [0, 0.05) is 0 Å². The van der Waals surface area contributed by atoms with E-state index in [0.29, 0.717) is 0 Å². The van der Waals surface area contributed by atoms with Gasteiger partial charge in [-0.1, -0.05) is 0 Å². The Morgan fingerprint density at radius 3 is 2.27 bits per heavy atom. The number of halogens is 4. The Bertz CT molecular complexity index is 1410. The Kier molecular flexibility index (Phi) is 4.58. The normalized spacial score (nSPS) is 11.4. The molecule has 2 N–H and O–H groups in total. The van der Waals surface area contributed by atoms with Crippen molar-refractivity contribution in [2.45, 2.75) is 0 Å². The van der Waals surface area contributed by atoms with Crippen LogP contribution in [0.3, 0.4) is 0 Å². The van der Waals surface area contributed by atoms with E-state index >= 15 is 0 Å². The van der Waals surface area contributed by atoms with Gasteiger partial charge in [0.05, 0.1) is 0 Å². The maximum absolute atomic E-state index is 14.9. The molecule has 0 aromatic heterocycles. The van der Waals surface area contributed by atoms with Crippen LogP contribution in [0.25, 0.3) is 33.4 Å². The molecule has 0 amide bonds. The van der Waals surface area contributed by atoms with Gasteiger partial charge in [0.25, 0.3) is 0 Å². The van der Waals surface area contributed by atoms with Crippen molar-refractivity contribution in [2.75, 3.05) is 0 Å². The van der Waals surface area contributed by atoms with Crippen molar-refractivity contribution in [3.8, 4) is 28.2 Å². The Labute approximate surface area is 173 Å². The van der Waals surface area contributed by atoms with Crippen molar-refractivity contribution in [1.82, 2.24) is 0 Å². The summed E-state index contributed by atoms with van der Waals surface area (Å²) in [7, 11) is 0. The third kappa shape index (κ3) is 2.77. The van der Waals surface area contributed by atoms with Crippen molar-refractivity contribution in [1.29, 1.82) is 0 Å². The number of carboxylic acid groups (broad SMARTS) is 1. The predicted molar refractivity (Wildman–Crippen MR) is 98.4 cm³/mol. The average molecular weight is 478 g/mol. The molecular weight excluding hydrogens is 471 g/mol. The van der Waals surface area contributed by atoms with Gasteiger partial charge in [0.1, 0.15) is 0 Å². The van der Waals surface area contributed by atoms with Crippen LogP contribution in [0.5, 0.6) is 5.75 Å². The number of aromatic carboxylic acids is 1. The zero-order chi connectivity index (χ0) is 21.9. The number of carboxylic acids is 1. The van der Waals surface area contributed by atoms with Crippen LogP contribution in [0.15, 0.2) is 39.5 Å². The van der Waals surface area contributed by atoms with E-state index in [2.05, 4.69) is 0 Å². The first-order valence-electron chi connectivity index (χ1n) is 8.14.